The largest absolute Gasteiger partial charge is 0.459 e. The Bertz CT molecular complexity index is 428. The summed E-state index contributed by atoms with van der Waals surface area (Å²) < 4.78 is 5.11. The first-order valence-electron chi connectivity index (χ1n) is 6.15. The lowest BCUT2D eigenvalue weighted by atomic mass is 10.2. The summed E-state index contributed by atoms with van der Waals surface area (Å²) in [6.45, 7) is 5.71. The summed E-state index contributed by atoms with van der Waals surface area (Å²) in [5.41, 5.74) is 0. The highest BCUT2D eigenvalue weighted by Crippen LogP contribution is 2.10. The van der Waals surface area contributed by atoms with E-state index in [1.54, 1.807) is 17.0 Å². The van der Waals surface area contributed by atoms with Gasteiger partial charge in [0.15, 0.2) is 5.76 Å². The van der Waals surface area contributed by atoms with Crippen molar-refractivity contribution in [1.82, 2.24) is 9.80 Å². The van der Waals surface area contributed by atoms with Crippen LogP contribution in [0.25, 0.3) is 0 Å². The SMILES string of the molecule is CC(C#N)CN1CCN(C(=O)c2ccco2)CC1. The monoisotopic (exact) mass is 247 g/mol. The van der Waals surface area contributed by atoms with Crippen molar-refractivity contribution in [3.05, 3.63) is 24.2 Å². The third-order valence-electron chi connectivity index (χ3n) is 3.14. The van der Waals surface area contributed by atoms with E-state index in [9.17, 15) is 4.79 Å². The van der Waals surface area contributed by atoms with Crippen LogP contribution in [0.3, 0.4) is 0 Å². The van der Waals surface area contributed by atoms with E-state index in [0.717, 1.165) is 19.6 Å². The minimum atomic E-state index is -0.0482. The van der Waals surface area contributed by atoms with Crippen molar-refractivity contribution in [2.24, 2.45) is 5.92 Å². The summed E-state index contributed by atoms with van der Waals surface area (Å²) in [5.74, 6) is 0.388. The van der Waals surface area contributed by atoms with Crippen LogP contribution in [0.2, 0.25) is 0 Å². The molecule has 5 heteroatoms. The van der Waals surface area contributed by atoms with Gasteiger partial charge in [-0.3, -0.25) is 9.69 Å². The van der Waals surface area contributed by atoms with Gasteiger partial charge in [0, 0.05) is 32.7 Å². The summed E-state index contributed by atoms with van der Waals surface area (Å²) in [4.78, 5) is 16.0. The van der Waals surface area contributed by atoms with Crippen LogP contribution < -0.4 is 0 Å². The third kappa shape index (κ3) is 2.90. The maximum atomic E-state index is 12.0. The Kier molecular flexibility index (Phi) is 4.00. The lowest BCUT2D eigenvalue weighted by Crippen LogP contribution is -2.49. The average Bonchev–Trinajstić information content (AvgIpc) is 2.92. The van der Waals surface area contributed by atoms with E-state index in [-0.39, 0.29) is 11.8 Å². The molecule has 0 aromatic carbocycles. The van der Waals surface area contributed by atoms with Crippen molar-refractivity contribution in [3.8, 4) is 6.07 Å². The van der Waals surface area contributed by atoms with Gasteiger partial charge in [0.1, 0.15) is 0 Å². The Balaban J connectivity index is 1.84. The van der Waals surface area contributed by atoms with Crippen LogP contribution in [0.5, 0.6) is 0 Å². The molecule has 2 rings (SSSR count). The summed E-state index contributed by atoms with van der Waals surface area (Å²) in [7, 11) is 0. The predicted octanol–water partition coefficient (Wildman–Crippen LogP) is 1.20. The Hall–Kier alpha value is -1.80. The molecular weight excluding hydrogens is 230 g/mol. The van der Waals surface area contributed by atoms with Gasteiger partial charge in [-0.15, -0.1) is 0 Å². The van der Waals surface area contributed by atoms with Gasteiger partial charge in [-0.2, -0.15) is 5.26 Å². The second-order valence-electron chi connectivity index (χ2n) is 4.60. The van der Waals surface area contributed by atoms with Gasteiger partial charge in [-0.05, 0) is 19.1 Å². The fraction of sp³-hybridized carbons (Fsp3) is 0.538. The fourth-order valence-electron chi connectivity index (χ4n) is 2.12. The minimum Gasteiger partial charge on any atom is -0.459 e. The van der Waals surface area contributed by atoms with Gasteiger partial charge in [0.2, 0.25) is 0 Å². The van der Waals surface area contributed by atoms with Crippen molar-refractivity contribution in [3.63, 3.8) is 0 Å². The highest BCUT2D eigenvalue weighted by molar-refractivity contribution is 5.91. The number of rotatable bonds is 3. The van der Waals surface area contributed by atoms with E-state index < -0.39 is 0 Å². The van der Waals surface area contributed by atoms with Crippen LogP contribution in [0, 0.1) is 17.2 Å². The summed E-state index contributed by atoms with van der Waals surface area (Å²) in [5, 5.41) is 8.78. The van der Waals surface area contributed by atoms with Gasteiger partial charge >= 0.3 is 0 Å². The molecule has 2 heterocycles. The Labute approximate surface area is 107 Å². The van der Waals surface area contributed by atoms with Crippen molar-refractivity contribution in [2.75, 3.05) is 32.7 Å². The van der Waals surface area contributed by atoms with Gasteiger partial charge in [-0.25, -0.2) is 0 Å². The van der Waals surface area contributed by atoms with Crippen molar-refractivity contribution >= 4 is 5.91 Å². The predicted molar refractivity (Wildman–Crippen MR) is 65.8 cm³/mol. The van der Waals surface area contributed by atoms with E-state index in [2.05, 4.69) is 11.0 Å². The summed E-state index contributed by atoms with van der Waals surface area (Å²) in [6.07, 6.45) is 1.51. The highest BCUT2D eigenvalue weighted by atomic mass is 16.3. The molecule has 1 fully saturated rings. The fourth-order valence-corrected chi connectivity index (χ4v) is 2.12. The van der Waals surface area contributed by atoms with Crippen molar-refractivity contribution in [1.29, 1.82) is 5.26 Å². The molecule has 1 saturated heterocycles. The molecule has 1 aliphatic heterocycles. The molecule has 1 aromatic rings. The first kappa shape index (κ1) is 12.7. The Morgan fingerprint density at radius 1 is 1.50 bits per heavy atom. The molecule has 0 N–H and O–H groups in total. The highest BCUT2D eigenvalue weighted by Gasteiger charge is 2.24. The summed E-state index contributed by atoms with van der Waals surface area (Å²) in [6, 6.07) is 5.64. The third-order valence-corrected chi connectivity index (χ3v) is 3.14. The van der Waals surface area contributed by atoms with Crippen molar-refractivity contribution < 1.29 is 9.21 Å². The first-order chi connectivity index (χ1) is 8.70. The Morgan fingerprint density at radius 3 is 2.78 bits per heavy atom. The van der Waals surface area contributed by atoms with Crippen LogP contribution in [0.15, 0.2) is 22.8 Å². The van der Waals surface area contributed by atoms with Crippen LogP contribution in [0.4, 0.5) is 0 Å². The molecule has 0 bridgehead atoms. The molecule has 1 amide bonds. The second-order valence-corrected chi connectivity index (χ2v) is 4.60. The standard InChI is InChI=1S/C13H17N3O2/c1-11(9-14)10-15-4-6-16(7-5-15)13(17)12-3-2-8-18-12/h2-3,8,11H,4-7,10H2,1H3. The molecule has 0 saturated carbocycles. The zero-order chi connectivity index (χ0) is 13.0. The van der Waals surface area contributed by atoms with Gasteiger partial charge in [0.05, 0.1) is 18.3 Å². The van der Waals surface area contributed by atoms with E-state index in [1.807, 2.05) is 6.92 Å². The number of furan rings is 1. The first-order valence-corrected chi connectivity index (χ1v) is 6.15. The molecule has 0 spiro atoms. The Morgan fingerprint density at radius 2 is 2.22 bits per heavy atom. The lowest BCUT2D eigenvalue weighted by Gasteiger charge is -2.34. The van der Waals surface area contributed by atoms with Gasteiger partial charge in [0.25, 0.3) is 5.91 Å². The van der Waals surface area contributed by atoms with Crippen LogP contribution in [-0.4, -0.2) is 48.4 Å². The van der Waals surface area contributed by atoms with Crippen LogP contribution in [0.1, 0.15) is 17.5 Å². The van der Waals surface area contributed by atoms with Gasteiger partial charge in [-0.1, -0.05) is 0 Å². The zero-order valence-corrected chi connectivity index (χ0v) is 10.5. The summed E-state index contributed by atoms with van der Waals surface area (Å²) >= 11 is 0. The maximum absolute atomic E-state index is 12.0. The number of carbonyl (C=O) groups excluding carboxylic acids is 1. The lowest BCUT2D eigenvalue weighted by molar-refractivity contribution is 0.0598. The van der Waals surface area contributed by atoms with Gasteiger partial charge < -0.3 is 9.32 Å². The molecule has 5 nitrogen and oxygen atoms in total. The van der Waals surface area contributed by atoms with E-state index in [1.165, 1.54) is 6.26 Å². The topological polar surface area (TPSA) is 60.5 Å². The number of amides is 1. The van der Waals surface area contributed by atoms with E-state index in [4.69, 9.17) is 9.68 Å². The molecule has 0 radical (unpaired) electrons. The molecule has 0 aliphatic carbocycles. The normalized spacial score (nSPS) is 18.3. The van der Waals surface area contributed by atoms with E-state index >= 15 is 0 Å². The zero-order valence-electron chi connectivity index (χ0n) is 10.5. The molecule has 1 aliphatic rings. The van der Waals surface area contributed by atoms with Crippen molar-refractivity contribution in [2.45, 2.75) is 6.92 Å². The molecular formula is C13H17N3O2. The number of hydrogen-bond donors (Lipinski definition) is 0. The quantitative estimate of drug-likeness (QED) is 0.805. The molecule has 1 aromatic heterocycles. The van der Waals surface area contributed by atoms with Crippen LogP contribution >= 0.6 is 0 Å². The van der Waals surface area contributed by atoms with Crippen LogP contribution in [-0.2, 0) is 0 Å². The smallest absolute Gasteiger partial charge is 0.289 e. The second kappa shape index (κ2) is 5.69. The number of hydrogen-bond acceptors (Lipinski definition) is 4. The van der Waals surface area contributed by atoms with E-state index in [0.29, 0.717) is 18.8 Å². The number of carbonyl (C=O) groups is 1. The molecule has 1 atom stereocenters. The number of piperazine rings is 1. The number of nitrogens with zero attached hydrogens (tertiary/aromatic N) is 3. The molecule has 1 unspecified atom stereocenters. The maximum Gasteiger partial charge on any atom is 0.289 e. The molecule has 96 valence electrons. The average molecular weight is 247 g/mol. The number of nitriles is 1. The molecule has 18 heavy (non-hydrogen) atoms. The minimum absolute atomic E-state index is 0.0392.